The largest absolute Gasteiger partial charge is 0.483 e. The lowest BCUT2D eigenvalue weighted by molar-refractivity contribution is -0.151. The van der Waals surface area contributed by atoms with E-state index in [0.29, 0.717) is 6.42 Å². The molecule has 0 atom stereocenters. The van der Waals surface area contributed by atoms with Crippen molar-refractivity contribution in [1.29, 1.82) is 0 Å². The Bertz CT molecular complexity index is 802. The molecule has 164 valence electrons. The molecular formula is C20H29N5O4S. The second-order valence-electron chi connectivity index (χ2n) is 7.63. The number of carboxylic acid groups (broad SMARTS) is 1. The van der Waals surface area contributed by atoms with E-state index in [-0.39, 0.29) is 18.0 Å². The second kappa shape index (κ2) is 10.6. The number of hydrogen-bond donors (Lipinski definition) is 2. The van der Waals surface area contributed by atoms with Gasteiger partial charge in [-0.2, -0.15) is 0 Å². The minimum Gasteiger partial charge on any atom is -0.483 e. The predicted octanol–water partition coefficient (Wildman–Crippen LogP) is 1.70. The predicted molar refractivity (Wildman–Crippen MR) is 112 cm³/mol. The smallest absolute Gasteiger partial charge is 0.290 e. The topological polar surface area (TPSA) is 112 Å². The molecule has 1 spiro atoms. The van der Waals surface area contributed by atoms with Gasteiger partial charge in [-0.05, 0) is 26.2 Å². The summed E-state index contributed by atoms with van der Waals surface area (Å²) in [5.41, 5.74) is 2.79. The van der Waals surface area contributed by atoms with Crippen LogP contribution in [0.15, 0.2) is 17.9 Å². The summed E-state index contributed by atoms with van der Waals surface area (Å²) in [6.07, 6.45) is 6.85. The van der Waals surface area contributed by atoms with Crippen molar-refractivity contribution in [3.05, 3.63) is 34.3 Å². The van der Waals surface area contributed by atoms with E-state index >= 15 is 0 Å². The van der Waals surface area contributed by atoms with Gasteiger partial charge in [-0.1, -0.05) is 0 Å². The van der Waals surface area contributed by atoms with Gasteiger partial charge in [-0.3, -0.25) is 14.5 Å². The summed E-state index contributed by atoms with van der Waals surface area (Å²) in [7, 11) is 0. The summed E-state index contributed by atoms with van der Waals surface area (Å²) in [4.78, 5) is 38.4. The minimum absolute atomic E-state index is 0.115. The van der Waals surface area contributed by atoms with Crippen LogP contribution in [-0.4, -0.2) is 80.6 Å². The minimum atomic E-state index is -0.250. The molecule has 30 heavy (non-hydrogen) atoms. The molecule has 0 aromatic carbocycles. The van der Waals surface area contributed by atoms with E-state index in [1.54, 1.807) is 17.5 Å². The number of nitrogens with one attached hydrogen (secondary N) is 1. The van der Waals surface area contributed by atoms with Gasteiger partial charge in [-0.25, -0.2) is 9.97 Å². The van der Waals surface area contributed by atoms with Crippen LogP contribution in [0.5, 0.6) is 0 Å². The van der Waals surface area contributed by atoms with Crippen molar-refractivity contribution in [2.45, 2.75) is 44.8 Å². The summed E-state index contributed by atoms with van der Waals surface area (Å²) in [5.74, 6) is 1.25. The van der Waals surface area contributed by atoms with Crippen LogP contribution in [0.1, 0.15) is 35.7 Å². The highest BCUT2D eigenvalue weighted by atomic mass is 32.1. The van der Waals surface area contributed by atoms with E-state index in [2.05, 4.69) is 19.9 Å². The van der Waals surface area contributed by atoms with Crippen LogP contribution in [-0.2, 0) is 27.3 Å². The van der Waals surface area contributed by atoms with Crippen molar-refractivity contribution < 1.29 is 19.4 Å². The van der Waals surface area contributed by atoms with E-state index < -0.39 is 0 Å². The number of carbonyl (C=O) groups is 2. The van der Waals surface area contributed by atoms with Crippen LogP contribution in [0.25, 0.3) is 0 Å². The molecule has 2 N–H and O–H groups in total. The molecule has 2 aliphatic heterocycles. The van der Waals surface area contributed by atoms with Gasteiger partial charge >= 0.3 is 0 Å². The first-order valence-corrected chi connectivity index (χ1v) is 11.0. The molecular weight excluding hydrogens is 406 g/mol. The SMILES string of the molecule is Cc1ncsc1CCC(=O)N1CCC2(CC1)CN(Cc1ncc[nH]1)CCO2.O=CO. The van der Waals surface area contributed by atoms with E-state index in [0.717, 1.165) is 70.1 Å². The third kappa shape index (κ3) is 5.87. The van der Waals surface area contributed by atoms with Gasteiger partial charge in [0.1, 0.15) is 5.82 Å². The number of carbonyl (C=O) groups excluding carboxylic acids is 1. The Hall–Kier alpha value is -2.30. The number of nitrogens with zero attached hydrogens (tertiary/aromatic N) is 4. The van der Waals surface area contributed by atoms with Crippen LogP contribution in [0, 0.1) is 6.92 Å². The van der Waals surface area contributed by atoms with Crippen LogP contribution in [0.2, 0.25) is 0 Å². The summed E-state index contributed by atoms with van der Waals surface area (Å²) >= 11 is 1.64. The van der Waals surface area contributed by atoms with Crippen molar-refractivity contribution in [2.75, 3.05) is 32.8 Å². The molecule has 10 heteroatoms. The number of rotatable bonds is 5. The first-order valence-electron chi connectivity index (χ1n) is 10.1. The second-order valence-corrected chi connectivity index (χ2v) is 8.56. The highest BCUT2D eigenvalue weighted by Gasteiger charge is 2.40. The molecule has 4 rings (SSSR count). The fraction of sp³-hybridized carbons (Fsp3) is 0.600. The number of hydrogen-bond acceptors (Lipinski definition) is 7. The Balaban J connectivity index is 0.000000806. The molecule has 2 aromatic rings. The number of imidazole rings is 1. The molecule has 0 aliphatic carbocycles. The molecule has 2 aliphatic rings. The van der Waals surface area contributed by atoms with E-state index in [1.807, 2.05) is 23.5 Å². The molecule has 1 amide bonds. The fourth-order valence-electron chi connectivity index (χ4n) is 4.07. The van der Waals surface area contributed by atoms with Crippen molar-refractivity contribution in [3.63, 3.8) is 0 Å². The molecule has 2 fully saturated rings. The van der Waals surface area contributed by atoms with Crippen molar-refractivity contribution >= 4 is 23.7 Å². The zero-order valence-corrected chi connectivity index (χ0v) is 18.1. The maximum absolute atomic E-state index is 12.6. The number of H-pyrrole nitrogens is 1. The quantitative estimate of drug-likeness (QED) is 0.688. The molecule has 9 nitrogen and oxygen atoms in total. The lowest BCUT2D eigenvalue weighted by atomic mass is 9.89. The Morgan fingerprint density at radius 2 is 2.13 bits per heavy atom. The van der Waals surface area contributed by atoms with Gasteiger partial charge in [0, 0.05) is 49.9 Å². The van der Waals surface area contributed by atoms with Crippen molar-refractivity contribution in [2.24, 2.45) is 0 Å². The monoisotopic (exact) mass is 435 g/mol. The van der Waals surface area contributed by atoms with Gasteiger partial charge < -0.3 is 19.7 Å². The molecule has 4 heterocycles. The Morgan fingerprint density at radius 1 is 1.37 bits per heavy atom. The maximum Gasteiger partial charge on any atom is 0.290 e. The normalized spacial score (nSPS) is 18.6. The number of amides is 1. The van der Waals surface area contributed by atoms with Crippen molar-refractivity contribution in [1.82, 2.24) is 24.8 Å². The fourth-order valence-corrected chi connectivity index (χ4v) is 4.85. The number of aromatic amines is 1. The number of ether oxygens (including phenoxy) is 1. The van der Waals surface area contributed by atoms with Crippen LogP contribution < -0.4 is 0 Å². The lowest BCUT2D eigenvalue weighted by Gasteiger charge is -2.47. The summed E-state index contributed by atoms with van der Waals surface area (Å²) in [6, 6.07) is 0. The Labute approximate surface area is 180 Å². The zero-order valence-electron chi connectivity index (χ0n) is 17.2. The number of morpholine rings is 1. The average molecular weight is 436 g/mol. The summed E-state index contributed by atoms with van der Waals surface area (Å²) < 4.78 is 6.20. The average Bonchev–Trinajstić information content (AvgIpc) is 3.39. The van der Waals surface area contributed by atoms with Crippen LogP contribution >= 0.6 is 11.3 Å². The number of likely N-dealkylation sites (tertiary alicyclic amines) is 1. The van der Waals surface area contributed by atoms with Crippen molar-refractivity contribution in [3.8, 4) is 0 Å². The Morgan fingerprint density at radius 3 is 2.77 bits per heavy atom. The summed E-state index contributed by atoms with van der Waals surface area (Å²) in [6.45, 7) is 6.75. The Kier molecular flexibility index (Phi) is 7.94. The lowest BCUT2D eigenvalue weighted by Crippen LogP contribution is -2.57. The molecule has 2 saturated heterocycles. The zero-order chi connectivity index (χ0) is 21.4. The van der Waals surface area contributed by atoms with Crippen LogP contribution in [0.3, 0.4) is 0 Å². The van der Waals surface area contributed by atoms with E-state index in [4.69, 9.17) is 14.6 Å². The van der Waals surface area contributed by atoms with Gasteiger partial charge in [0.15, 0.2) is 0 Å². The molecule has 0 bridgehead atoms. The molecule has 0 unspecified atom stereocenters. The van der Waals surface area contributed by atoms with E-state index in [9.17, 15) is 4.79 Å². The number of piperidine rings is 1. The van der Waals surface area contributed by atoms with E-state index in [1.165, 1.54) is 4.88 Å². The molecule has 2 aromatic heterocycles. The first-order chi connectivity index (χ1) is 14.5. The summed E-state index contributed by atoms with van der Waals surface area (Å²) in [5, 5.41) is 6.89. The number of thiazole rings is 1. The van der Waals surface area contributed by atoms with Crippen LogP contribution in [0.4, 0.5) is 0 Å². The maximum atomic E-state index is 12.6. The third-order valence-corrected chi connectivity index (χ3v) is 6.69. The molecule has 0 radical (unpaired) electrons. The highest BCUT2D eigenvalue weighted by Crippen LogP contribution is 2.31. The van der Waals surface area contributed by atoms with Gasteiger partial charge in [0.25, 0.3) is 6.47 Å². The number of aryl methyl sites for hydroxylation is 2. The van der Waals surface area contributed by atoms with Gasteiger partial charge in [0.2, 0.25) is 5.91 Å². The van der Waals surface area contributed by atoms with Gasteiger partial charge in [-0.15, -0.1) is 11.3 Å². The molecule has 0 saturated carbocycles. The third-order valence-electron chi connectivity index (χ3n) is 5.69. The number of aromatic nitrogens is 3. The first kappa shape index (κ1) is 22.4. The highest BCUT2D eigenvalue weighted by molar-refractivity contribution is 7.09. The standard InChI is InChI=1S/C19H27N5O2S.CH2O2/c1-15-16(27-14-22-15)2-3-18(25)24-8-4-19(5-9-24)13-23(10-11-26-19)12-17-20-6-7-21-17;2-1-3/h6-7,14H,2-5,8-13H2,1H3,(H,20,21);1H,(H,2,3). The van der Waals surface area contributed by atoms with Gasteiger partial charge in [0.05, 0.1) is 30.0 Å².